The summed E-state index contributed by atoms with van der Waals surface area (Å²) in [6.07, 6.45) is 0. The second-order valence-electron chi connectivity index (χ2n) is 2.92. The van der Waals surface area contributed by atoms with E-state index in [1.165, 1.54) is 6.92 Å². The lowest BCUT2D eigenvalue weighted by molar-refractivity contribution is 0.0264. The van der Waals surface area contributed by atoms with Gasteiger partial charge in [-0.25, -0.2) is 0 Å². The zero-order chi connectivity index (χ0) is 9.03. The summed E-state index contributed by atoms with van der Waals surface area (Å²) in [5, 5.41) is 20.9. The quantitative estimate of drug-likeness (QED) is 0.584. The molecule has 0 aliphatic carbocycles. The van der Waals surface area contributed by atoms with Crippen LogP contribution in [0, 0.1) is 0 Å². The number of aliphatic hydroxyl groups excluding tert-OH is 1. The first-order chi connectivity index (χ1) is 5.64. The van der Waals surface area contributed by atoms with E-state index in [1.807, 2.05) is 30.3 Å². The Kier molecular flexibility index (Phi) is 2.68. The van der Waals surface area contributed by atoms with E-state index in [0.717, 1.165) is 5.69 Å². The molecule has 3 N–H and O–H groups in total. The molecule has 1 aromatic rings. The fourth-order valence-electron chi connectivity index (χ4n) is 0.872. The molecule has 1 atom stereocenters. The fraction of sp³-hybridized carbons (Fsp3) is 0.333. The van der Waals surface area contributed by atoms with Gasteiger partial charge in [0.15, 0.2) is 5.72 Å². The van der Waals surface area contributed by atoms with Crippen LogP contribution in [0.2, 0.25) is 0 Å². The molecule has 0 spiro atoms. The van der Waals surface area contributed by atoms with Gasteiger partial charge in [-0.05, 0) is 19.1 Å². The predicted molar refractivity (Wildman–Crippen MR) is 47.8 cm³/mol. The van der Waals surface area contributed by atoms with E-state index in [0.29, 0.717) is 0 Å². The van der Waals surface area contributed by atoms with Crippen molar-refractivity contribution >= 4 is 5.69 Å². The number of aliphatic hydroxyl groups is 2. The Bertz CT molecular complexity index is 234. The highest BCUT2D eigenvalue weighted by molar-refractivity contribution is 5.43. The molecule has 0 aromatic heterocycles. The number of nitrogens with one attached hydrogen (secondary N) is 1. The second kappa shape index (κ2) is 3.56. The van der Waals surface area contributed by atoms with Gasteiger partial charge in [0, 0.05) is 5.69 Å². The van der Waals surface area contributed by atoms with Crippen molar-refractivity contribution < 1.29 is 10.2 Å². The third kappa shape index (κ3) is 2.53. The Morgan fingerprint density at radius 3 is 2.42 bits per heavy atom. The van der Waals surface area contributed by atoms with Crippen LogP contribution in [0.1, 0.15) is 6.92 Å². The van der Waals surface area contributed by atoms with Gasteiger partial charge in [-0.3, -0.25) is 0 Å². The molecule has 0 radical (unpaired) electrons. The maximum Gasteiger partial charge on any atom is 0.156 e. The summed E-state index contributed by atoms with van der Waals surface area (Å²) in [6.45, 7) is 1.20. The highest BCUT2D eigenvalue weighted by Gasteiger charge is 2.17. The molecule has 1 unspecified atom stereocenters. The summed E-state index contributed by atoms with van der Waals surface area (Å²) < 4.78 is 0. The highest BCUT2D eigenvalue weighted by atomic mass is 16.3. The minimum Gasteiger partial charge on any atom is -0.391 e. The van der Waals surface area contributed by atoms with Crippen molar-refractivity contribution in [2.75, 3.05) is 11.9 Å². The molecule has 0 aliphatic rings. The van der Waals surface area contributed by atoms with Crippen molar-refractivity contribution in [2.24, 2.45) is 0 Å². The molecular weight excluding hydrogens is 154 g/mol. The van der Waals surface area contributed by atoms with Crippen molar-refractivity contribution in [2.45, 2.75) is 12.6 Å². The van der Waals surface area contributed by atoms with Crippen molar-refractivity contribution in [1.82, 2.24) is 0 Å². The second-order valence-corrected chi connectivity index (χ2v) is 2.92. The normalized spacial score (nSPS) is 15.2. The minimum atomic E-state index is -1.25. The lowest BCUT2D eigenvalue weighted by atomic mass is 10.2. The topological polar surface area (TPSA) is 52.5 Å². The average molecular weight is 167 g/mol. The molecule has 0 saturated heterocycles. The van der Waals surface area contributed by atoms with Crippen molar-refractivity contribution in [3.05, 3.63) is 30.3 Å². The largest absolute Gasteiger partial charge is 0.391 e. The Morgan fingerprint density at radius 1 is 1.33 bits per heavy atom. The zero-order valence-corrected chi connectivity index (χ0v) is 6.99. The van der Waals surface area contributed by atoms with Gasteiger partial charge in [-0.15, -0.1) is 0 Å². The fourth-order valence-corrected chi connectivity index (χ4v) is 0.872. The van der Waals surface area contributed by atoms with Crippen LogP contribution in [0.4, 0.5) is 5.69 Å². The number of rotatable bonds is 3. The van der Waals surface area contributed by atoms with Gasteiger partial charge >= 0.3 is 0 Å². The standard InChI is InChI=1S/C9H13NO2/c1-9(12,7-11)10-8-5-3-2-4-6-8/h2-6,10-12H,7H2,1H3. The molecule has 66 valence electrons. The lowest BCUT2D eigenvalue weighted by Crippen LogP contribution is -2.38. The number of anilines is 1. The Hall–Kier alpha value is -1.06. The molecule has 0 heterocycles. The van der Waals surface area contributed by atoms with E-state index in [-0.39, 0.29) is 6.61 Å². The molecule has 12 heavy (non-hydrogen) atoms. The van der Waals surface area contributed by atoms with Crippen LogP contribution in [-0.2, 0) is 0 Å². The molecule has 0 fully saturated rings. The molecule has 0 bridgehead atoms. The number of hydrogen-bond acceptors (Lipinski definition) is 3. The maximum atomic E-state index is 9.42. The summed E-state index contributed by atoms with van der Waals surface area (Å²) >= 11 is 0. The first-order valence-corrected chi connectivity index (χ1v) is 3.80. The Balaban J connectivity index is 2.64. The molecule has 3 nitrogen and oxygen atoms in total. The SMILES string of the molecule is CC(O)(CO)Nc1ccccc1. The van der Waals surface area contributed by atoms with Gasteiger partial charge < -0.3 is 15.5 Å². The van der Waals surface area contributed by atoms with Gasteiger partial charge in [-0.1, -0.05) is 18.2 Å². The number of para-hydroxylation sites is 1. The minimum absolute atomic E-state index is 0.318. The Morgan fingerprint density at radius 2 is 1.92 bits per heavy atom. The molecule has 0 aliphatic heterocycles. The summed E-state index contributed by atoms with van der Waals surface area (Å²) in [5.74, 6) is 0. The van der Waals surface area contributed by atoms with E-state index < -0.39 is 5.72 Å². The maximum absolute atomic E-state index is 9.42. The van der Waals surface area contributed by atoms with Gasteiger partial charge in [0.2, 0.25) is 0 Å². The van der Waals surface area contributed by atoms with E-state index in [2.05, 4.69) is 5.32 Å². The van der Waals surface area contributed by atoms with Crippen molar-refractivity contribution in [3.8, 4) is 0 Å². The number of hydrogen-bond donors (Lipinski definition) is 3. The van der Waals surface area contributed by atoms with Crippen molar-refractivity contribution in [3.63, 3.8) is 0 Å². The van der Waals surface area contributed by atoms with Gasteiger partial charge in [0.1, 0.15) is 0 Å². The van der Waals surface area contributed by atoms with Crippen LogP contribution >= 0.6 is 0 Å². The summed E-state index contributed by atoms with van der Waals surface area (Å²) in [7, 11) is 0. The van der Waals surface area contributed by atoms with Gasteiger partial charge in [0.25, 0.3) is 0 Å². The van der Waals surface area contributed by atoms with Crippen LogP contribution in [0.5, 0.6) is 0 Å². The smallest absolute Gasteiger partial charge is 0.156 e. The van der Waals surface area contributed by atoms with Crippen LogP contribution < -0.4 is 5.32 Å². The van der Waals surface area contributed by atoms with Crippen LogP contribution in [-0.4, -0.2) is 22.5 Å². The van der Waals surface area contributed by atoms with Gasteiger partial charge in [0.05, 0.1) is 6.61 Å². The van der Waals surface area contributed by atoms with Crippen LogP contribution in [0.25, 0.3) is 0 Å². The van der Waals surface area contributed by atoms with Crippen molar-refractivity contribution in [1.29, 1.82) is 0 Å². The van der Waals surface area contributed by atoms with Crippen LogP contribution in [0.3, 0.4) is 0 Å². The van der Waals surface area contributed by atoms with E-state index >= 15 is 0 Å². The molecule has 0 amide bonds. The average Bonchev–Trinajstić information content (AvgIpc) is 2.06. The lowest BCUT2D eigenvalue weighted by Gasteiger charge is -2.23. The summed E-state index contributed by atoms with van der Waals surface area (Å²) in [5.41, 5.74) is -0.460. The molecular formula is C9H13NO2. The highest BCUT2D eigenvalue weighted by Crippen LogP contribution is 2.11. The van der Waals surface area contributed by atoms with E-state index in [9.17, 15) is 5.11 Å². The monoisotopic (exact) mass is 167 g/mol. The third-order valence-electron chi connectivity index (χ3n) is 1.50. The van der Waals surface area contributed by atoms with E-state index in [4.69, 9.17) is 5.11 Å². The first kappa shape index (κ1) is 9.03. The summed E-state index contributed by atoms with van der Waals surface area (Å²) in [4.78, 5) is 0. The summed E-state index contributed by atoms with van der Waals surface area (Å²) in [6, 6.07) is 9.25. The van der Waals surface area contributed by atoms with Crippen LogP contribution in [0.15, 0.2) is 30.3 Å². The Labute approximate surface area is 71.7 Å². The molecule has 1 rings (SSSR count). The molecule has 3 heteroatoms. The molecule has 0 saturated carbocycles. The van der Waals surface area contributed by atoms with E-state index in [1.54, 1.807) is 0 Å². The molecule has 1 aromatic carbocycles. The third-order valence-corrected chi connectivity index (χ3v) is 1.50. The number of benzene rings is 1. The predicted octanol–water partition coefficient (Wildman–Crippen LogP) is 0.799. The zero-order valence-electron chi connectivity index (χ0n) is 6.99. The first-order valence-electron chi connectivity index (χ1n) is 3.80. The van der Waals surface area contributed by atoms with Gasteiger partial charge in [-0.2, -0.15) is 0 Å².